The smallest absolute Gasteiger partial charge is 0.416 e. The third kappa shape index (κ3) is 6.35. The molecule has 1 aromatic heterocycles. The van der Waals surface area contributed by atoms with E-state index < -0.39 is 11.7 Å². The minimum absolute atomic E-state index is 0.0352. The van der Waals surface area contributed by atoms with Crippen molar-refractivity contribution in [2.24, 2.45) is 5.92 Å². The lowest BCUT2D eigenvalue weighted by Crippen LogP contribution is -2.38. The van der Waals surface area contributed by atoms with E-state index in [9.17, 15) is 22.8 Å². The molecule has 4 rings (SSSR count). The highest BCUT2D eigenvalue weighted by Gasteiger charge is 2.30. The van der Waals surface area contributed by atoms with Crippen molar-refractivity contribution in [2.75, 3.05) is 6.61 Å². The minimum Gasteiger partial charge on any atom is -0.466 e. The van der Waals surface area contributed by atoms with Gasteiger partial charge in [-0.25, -0.2) is 0 Å². The van der Waals surface area contributed by atoms with Crippen LogP contribution in [0.1, 0.15) is 73.0 Å². The predicted octanol–water partition coefficient (Wildman–Crippen LogP) is 6.51. The molecule has 0 saturated heterocycles. The highest BCUT2D eigenvalue weighted by Crippen LogP contribution is 2.32. The van der Waals surface area contributed by atoms with Gasteiger partial charge in [0.05, 0.1) is 17.7 Å². The Kier molecular flexibility index (Phi) is 8.25. The monoisotopic (exact) mass is 514 g/mol. The van der Waals surface area contributed by atoms with Crippen molar-refractivity contribution < 1.29 is 27.5 Å². The number of aryl methyl sites for hydroxylation is 1. The van der Waals surface area contributed by atoms with Crippen LogP contribution in [-0.2, 0) is 28.7 Å². The van der Waals surface area contributed by atoms with E-state index in [1.165, 1.54) is 12.1 Å². The summed E-state index contributed by atoms with van der Waals surface area (Å²) >= 11 is 0. The lowest BCUT2D eigenvalue weighted by Gasteiger charge is -2.28. The molecule has 1 amide bonds. The maximum absolute atomic E-state index is 13.4. The fraction of sp³-hybridized carbons (Fsp3) is 0.448. The minimum atomic E-state index is -4.37. The van der Waals surface area contributed by atoms with Gasteiger partial charge in [-0.05, 0) is 81.2 Å². The molecule has 1 N–H and O–H groups in total. The van der Waals surface area contributed by atoms with E-state index >= 15 is 0 Å². The maximum atomic E-state index is 13.4. The third-order valence-electron chi connectivity index (χ3n) is 7.20. The number of carbonyl (C=O) groups is 2. The molecule has 1 saturated carbocycles. The zero-order valence-electron chi connectivity index (χ0n) is 21.2. The molecule has 1 aliphatic carbocycles. The molecule has 0 bridgehead atoms. The fourth-order valence-electron chi connectivity index (χ4n) is 5.27. The lowest BCUT2D eigenvalue weighted by molar-refractivity contribution is -0.144. The number of carbonyl (C=O) groups excluding carboxylic acids is 2. The first-order chi connectivity index (χ1) is 17.7. The molecule has 5 nitrogen and oxygen atoms in total. The number of nitrogens with zero attached hydrogens (tertiary/aromatic N) is 1. The highest BCUT2D eigenvalue weighted by molar-refractivity contribution is 6.08. The quantitative estimate of drug-likeness (QED) is 0.349. The van der Waals surface area contributed by atoms with E-state index in [-0.39, 0.29) is 23.8 Å². The summed E-state index contributed by atoms with van der Waals surface area (Å²) in [4.78, 5) is 25.2. The molecule has 2 aromatic carbocycles. The Bertz CT molecular complexity index is 1240. The van der Waals surface area contributed by atoms with E-state index in [0.717, 1.165) is 59.8 Å². The summed E-state index contributed by atoms with van der Waals surface area (Å²) in [5, 5.41) is 4.02. The Morgan fingerprint density at radius 3 is 2.35 bits per heavy atom. The number of nitrogens with one attached hydrogen (secondary N) is 1. The van der Waals surface area contributed by atoms with Gasteiger partial charge in [0.2, 0.25) is 0 Å². The highest BCUT2D eigenvalue weighted by atomic mass is 19.4. The molecule has 1 heterocycles. The van der Waals surface area contributed by atoms with Gasteiger partial charge >= 0.3 is 12.1 Å². The van der Waals surface area contributed by atoms with Gasteiger partial charge in [-0.2, -0.15) is 13.2 Å². The van der Waals surface area contributed by atoms with Crippen LogP contribution >= 0.6 is 0 Å². The van der Waals surface area contributed by atoms with Crippen LogP contribution in [0, 0.1) is 5.92 Å². The van der Waals surface area contributed by atoms with Crippen molar-refractivity contribution in [2.45, 2.75) is 71.1 Å². The van der Waals surface area contributed by atoms with E-state index in [2.05, 4.69) is 5.32 Å². The summed E-state index contributed by atoms with van der Waals surface area (Å²) in [5.74, 6) is -0.0293. The van der Waals surface area contributed by atoms with Crippen molar-refractivity contribution in [3.63, 3.8) is 0 Å². The predicted molar refractivity (Wildman–Crippen MR) is 136 cm³/mol. The molecule has 0 spiro atoms. The van der Waals surface area contributed by atoms with Crippen LogP contribution in [0.2, 0.25) is 0 Å². The summed E-state index contributed by atoms with van der Waals surface area (Å²) in [5.41, 5.74) is 2.47. The molecule has 8 heteroatoms. The van der Waals surface area contributed by atoms with Crippen LogP contribution in [-0.4, -0.2) is 29.1 Å². The maximum Gasteiger partial charge on any atom is 0.416 e. The molecule has 0 radical (unpaired) electrons. The van der Waals surface area contributed by atoms with Gasteiger partial charge in [0, 0.05) is 36.1 Å². The van der Waals surface area contributed by atoms with Crippen LogP contribution in [0.3, 0.4) is 0 Å². The number of halogens is 3. The number of amides is 1. The van der Waals surface area contributed by atoms with Crippen LogP contribution < -0.4 is 5.32 Å². The van der Waals surface area contributed by atoms with E-state index in [1.807, 2.05) is 35.9 Å². The molecule has 198 valence electrons. The third-order valence-corrected chi connectivity index (χ3v) is 7.20. The largest absolute Gasteiger partial charge is 0.466 e. The standard InChI is InChI=1S/C29H33F3N2O3/c1-3-34-18-24(28(36)33-23-14-10-20(11-15-23)17-26(35)37-4-2)27-21(6-5-7-25(27)34)16-19-8-12-22(13-9-19)29(30,31)32/h5-9,12-13,18,20,23H,3-4,10-11,14-17H2,1-2H3,(H,33,36). The van der Waals surface area contributed by atoms with Gasteiger partial charge < -0.3 is 14.6 Å². The second kappa shape index (κ2) is 11.4. The van der Waals surface area contributed by atoms with E-state index in [1.54, 1.807) is 6.92 Å². The Hall–Kier alpha value is -3.29. The molecule has 0 atom stereocenters. The van der Waals surface area contributed by atoms with Gasteiger partial charge in [0.25, 0.3) is 5.91 Å². The number of esters is 1. The number of benzene rings is 2. The Morgan fingerprint density at radius 2 is 1.73 bits per heavy atom. The number of aromatic nitrogens is 1. The van der Waals surface area contributed by atoms with E-state index in [4.69, 9.17) is 4.74 Å². The van der Waals surface area contributed by atoms with Crippen molar-refractivity contribution in [3.8, 4) is 0 Å². The second-order valence-corrected chi connectivity index (χ2v) is 9.71. The Labute approximate surface area is 215 Å². The van der Waals surface area contributed by atoms with Gasteiger partial charge in [-0.15, -0.1) is 0 Å². The lowest BCUT2D eigenvalue weighted by atomic mass is 9.84. The molecular formula is C29H33F3N2O3. The molecule has 3 aromatic rings. The number of fused-ring (bicyclic) bond motifs is 1. The first-order valence-electron chi connectivity index (χ1n) is 12.9. The number of alkyl halides is 3. The number of hydrogen-bond donors (Lipinski definition) is 1. The summed E-state index contributed by atoms with van der Waals surface area (Å²) in [6.45, 7) is 4.88. The molecule has 37 heavy (non-hydrogen) atoms. The average Bonchev–Trinajstić information content (AvgIpc) is 3.25. The average molecular weight is 515 g/mol. The van der Waals surface area contributed by atoms with Gasteiger partial charge in [-0.3, -0.25) is 9.59 Å². The van der Waals surface area contributed by atoms with Crippen molar-refractivity contribution in [1.29, 1.82) is 0 Å². The van der Waals surface area contributed by atoms with Gasteiger partial charge in [0.1, 0.15) is 0 Å². The first kappa shape index (κ1) is 26.8. The second-order valence-electron chi connectivity index (χ2n) is 9.71. The molecule has 0 unspecified atom stereocenters. The number of hydrogen-bond acceptors (Lipinski definition) is 3. The zero-order valence-corrected chi connectivity index (χ0v) is 21.2. The molecular weight excluding hydrogens is 481 g/mol. The Morgan fingerprint density at radius 1 is 1.03 bits per heavy atom. The first-order valence-corrected chi connectivity index (χ1v) is 12.9. The van der Waals surface area contributed by atoms with Crippen LogP contribution in [0.15, 0.2) is 48.7 Å². The SMILES string of the molecule is CCOC(=O)CC1CCC(NC(=O)c2cn(CC)c3cccc(Cc4ccc(C(F)(F)F)cc4)c23)CC1. The molecule has 0 aliphatic heterocycles. The molecule has 1 fully saturated rings. The van der Waals surface area contributed by atoms with Crippen LogP contribution in [0.4, 0.5) is 13.2 Å². The topological polar surface area (TPSA) is 60.3 Å². The zero-order chi connectivity index (χ0) is 26.6. The molecule has 1 aliphatic rings. The summed E-state index contributed by atoms with van der Waals surface area (Å²) < 4.78 is 46.0. The number of ether oxygens (including phenoxy) is 1. The summed E-state index contributed by atoms with van der Waals surface area (Å²) in [7, 11) is 0. The van der Waals surface area contributed by atoms with Crippen molar-refractivity contribution in [1.82, 2.24) is 9.88 Å². The fourth-order valence-corrected chi connectivity index (χ4v) is 5.27. The summed E-state index contributed by atoms with van der Waals surface area (Å²) in [6.07, 6.45) is 1.66. The van der Waals surface area contributed by atoms with Crippen LogP contribution in [0.25, 0.3) is 10.9 Å². The summed E-state index contributed by atoms with van der Waals surface area (Å²) in [6, 6.07) is 11.0. The van der Waals surface area contributed by atoms with Crippen molar-refractivity contribution in [3.05, 3.63) is 70.9 Å². The van der Waals surface area contributed by atoms with Crippen molar-refractivity contribution >= 4 is 22.8 Å². The normalized spacial score (nSPS) is 18.1. The van der Waals surface area contributed by atoms with E-state index in [0.29, 0.717) is 31.6 Å². The Balaban J connectivity index is 1.51. The van der Waals surface area contributed by atoms with Gasteiger partial charge in [-0.1, -0.05) is 24.3 Å². The van der Waals surface area contributed by atoms with Crippen LogP contribution in [0.5, 0.6) is 0 Å². The number of rotatable bonds is 8. The van der Waals surface area contributed by atoms with Gasteiger partial charge in [0.15, 0.2) is 0 Å².